The zero-order valence-corrected chi connectivity index (χ0v) is 18.9. The van der Waals surface area contributed by atoms with E-state index in [0.717, 1.165) is 38.1 Å². The van der Waals surface area contributed by atoms with Gasteiger partial charge in [-0.25, -0.2) is 0 Å². The second kappa shape index (κ2) is 9.86. The van der Waals surface area contributed by atoms with Crippen LogP contribution in [-0.2, 0) is 21.4 Å². The molecule has 1 aliphatic carbocycles. The molecule has 2 bridgehead atoms. The molecule has 2 aromatic carbocycles. The standard InChI is InChI=1S/C27H35NO3/c1-30-23-11-6-10-22(20-23)27-16-7-12-25(24(27)13-14-26(29)31-2)28(19-17-27)18-15-21-8-4-3-5-9-21/h3-6,8-11,20,24-25H,7,12-19H2,1-2H3. The molecule has 2 fully saturated rings. The van der Waals surface area contributed by atoms with Crippen molar-refractivity contribution in [1.82, 2.24) is 4.90 Å². The Labute approximate surface area is 186 Å². The highest BCUT2D eigenvalue weighted by Gasteiger charge is 2.51. The van der Waals surface area contributed by atoms with E-state index in [1.165, 1.54) is 37.5 Å². The van der Waals surface area contributed by atoms with Gasteiger partial charge >= 0.3 is 5.97 Å². The van der Waals surface area contributed by atoms with Gasteiger partial charge < -0.3 is 9.47 Å². The lowest BCUT2D eigenvalue weighted by Crippen LogP contribution is -2.59. The average Bonchev–Trinajstić information content (AvgIpc) is 2.82. The fourth-order valence-electron chi connectivity index (χ4n) is 6.11. The Morgan fingerprint density at radius 2 is 1.94 bits per heavy atom. The first-order chi connectivity index (χ1) is 15.2. The van der Waals surface area contributed by atoms with E-state index in [9.17, 15) is 4.79 Å². The Morgan fingerprint density at radius 1 is 1.10 bits per heavy atom. The molecule has 0 amide bonds. The van der Waals surface area contributed by atoms with Crippen molar-refractivity contribution < 1.29 is 14.3 Å². The number of methoxy groups -OCH3 is 2. The molecule has 1 saturated heterocycles. The van der Waals surface area contributed by atoms with Gasteiger partial charge in [0.2, 0.25) is 0 Å². The number of piperidine rings is 1. The van der Waals surface area contributed by atoms with Crippen LogP contribution in [0.1, 0.15) is 49.7 Å². The molecule has 0 N–H and O–H groups in total. The van der Waals surface area contributed by atoms with Crippen molar-refractivity contribution in [3.8, 4) is 5.75 Å². The number of nitrogens with zero attached hydrogens (tertiary/aromatic N) is 1. The minimum atomic E-state index is -0.0970. The molecule has 31 heavy (non-hydrogen) atoms. The third-order valence-electron chi connectivity index (χ3n) is 7.67. The van der Waals surface area contributed by atoms with Crippen LogP contribution in [0.4, 0.5) is 0 Å². The van der Waals surface area contributed by atoms with Crippen LogP contribution in [0.25, 0.3) is 0 Å². The molecule has 3 unspecified atom stereocenters. The smallest absolute Gasteiger partial charge is 0.305 e. The predicted molar refractivity (Wildman–Crippen MR) is 123 cm³/mol. The topological polar surface area (TPSA) is 38.8 Å². The van der Waals surface area contributed by atoms with E-state index >= 15 is 0 Å². The molecule has 1 heterocycles. The van der Waals surface area contributed by atoms with E-state index in [1.807, 2.05) is 6.07 Å². The Balaban J connectivity index is 1.59. The van der Waals surface area contributed by atoms with Gasteiger partial charge in [-0.3, -0.25) is 9.69 Å². The fraction of sp³-hybridized carbons (Fsp3) is 0.519. The van der Waals surface area contributed by atoms with Crippen molar-refractivity contribution in [1.29, 1.82) is 0 Å². The summed E-state index contributed by atoms with van der Waals surface area (Å²) in [5.74, 6) is 1.28. The van der Waals surface area contributed by atoms with Crippen molar-refractivity contribution in [2.45, 2.75) is 56.4 Å². The zero-order valence-electron chi connectivity index (χ0n) is 18.9. The number of fused-ring (bicyclic) bond motifs is 2. The van der Waals surface area contributed by atoms with Crippen LogP contribution in [0.5, 0.6) is 5.75 Å². The van der Waals surface area contributed by atoms with Crippen molar-refractivity contribution in [2.75, 3.05) is 27.3 Å². The molecule has 4 heteroatoms. The van der Waals surface area contributed by atoms with E-state index in [2.05, 4.69) is 53.4 Å². The maximum atomic E-state index is 12.1. The van der Waals surface area contributed by atoms with Crippen LogP contribution in [0.3, 0.4) is 0 Å². The number of rotatable bonds is 8. The Hall–Kier alpha value is -2.33. The summed E-state index contributed by atoms with van der Waals surface area (Å²) in [5, 5.41) is 0. The highest BCUT2D eigenvalue weighted by molar-refractivity contribution is 5.69. The number of hydrogen-bond donors (Lipinski definition) is 0. The number of benzene rings is 2. The molecule has 3 atom stereocenters. The fourth-order valence-corrected chi connectivity index (χ4v) is 6.11. The van der Waals surface area contributed by atoms with Crippen molar-refractivity contribution in [3.63, 3.8) is 0 Å². The molecule has 2 aromatic rings. The normalized spacial score (nSPS) is 25.7. The predicted octanol–water partition coefficient (Wildman–Crippen LogP) is 5.00. The average molecular weight is 422 g/mol. The van der Waals surface area contributed by atoms with Gasteiger partial charge in [-0.1, -0.05) is 48.9 Å². The summed E-state index contributed by atoms with van der Waals surface area (Å²) < 4.78 is 10.6. The second-order valence-corrected chi connectivity index (χ2v) is 9.09. The number of likely N-dealkylation sites (tertiary alicyclic amines) is 1. The molecular weight excluding hydrogens is 386 g/mol. The highest BCUT2D eigenvalue weighted by atomic mass is 16.5. The summed E-state index contributed by atoms with van der Waals surface area (Å²) in [5.41, 5.74) is 2.90. The van der Waals surface area contributed by atoms with Crippen molar-refractivity contribution >= 4 is 5.97 Å². The number of hydrogen-bond acceptors (Lipinski definition) is 4. The first kappa shape index (κ1) is 21.9. The van der Waals surface area contributed by atoms with E-state index in [0.29, 0.717) is 18.4 Å². The maximum Gasteiger partial charge on any atom is 0.305 e. The number of esters is 1. The van der Waals surface area contributed by atoms with Gasteiger partial charge in [0, 0.05) is 24.4 Å². The van der Waals surface area contributed by atoms with E-state index in [-0.39, 0.29) is 11.4 Å². The summed E-state index contributed by atoms with van der Waals surface area (Å²) >= 11 is 0. The third kappa shape index (κ3) is 4.64. The summed E-state index contributed by atoms with van der Waals surface area (Å²) in [6, 6.07) is 19.9. The van der Waals surface area contributed by atoms with Gasteiger partial charge in [0.15, 0.2) is 0 Å². The van der Waals surface area contributed by atoms with E-state index < -0.39 is 0 Å². The van der Waals surface area contributed by atoms with Gasteiger partial charge in [-0.05, 0) is 67.8 Å². The van der Waals surface area contributed by atoms with Crippen LogP contribution < -0.4 is 4.74 Å². The van der Waals surface area contributed by atoms with Gasteiger partial charge in [0.25, 0.3) is 0 Å². The molecule has 0 spiro atoms. The number of carbonyl (C=O) groups excluding carboxylic acids is 1. The Bertz CT molecular complexity index is 868. The van der Waals surface area contributed by atoms with Gasteiger partial charge in [0.1, 0.15) is 5.75 Å². The molecule has 0 aromatic heterocycles. The van der Waals surface area contributed by atoms with Crippen molar-refractivity contribution in [3.05, 3.63) is 65.7 Å². The van der Waals surface area contributed by atoms with Gasteiger partial charge in [-0.15, -0.1) is 0 Å². The van der Waals surface area contributed by atoms with Crippen LogP contribution in [0.15, 0.2) is 54.6 Å². The summed E-state index contributed by atoms with van der Waals surface area (Å²) in [6.45, 7) is 2.20. The molecule has 1 saturated carbocycles. The Kier molecular flexibility index (Phi) is 6.96. The molecule has 1 aliphatic heterocycles. The lowest BCUT2D eigenvalue weighted by atomic mass is 9.55. The Morgan fingerprint density at radius 3 is 2.71 bits per heavy atom. The lowest BCUT2D eigenvalue weighted by Gasteiger charge is -2.57. The molecular formula is C27H35NO3. The van der Waals surface area contributed by atoms with Crippen LogP contribution in [0.2, 0.25) is 0 Å². The number of carbonyl (C=O) groups is 1. The lowest BCUT2D eigenvalue weighted by molar-refractivity contribution is -0.141. The summed E-state index contributed by atoms with van der Waals surface area (Å²) in [6.07, 6.45) is 7.23. The minimum Gasteiger partial charge on any atom is -0.497 e. The van der Waals surface area contributed by atoms with Crippen LogP contribution >= 0.6 is 0 Å². The molecule has 4 rings (SSSR count). The molecule has 166 valence electrons. The quantitative estimate of drug-likeness (QED) is 0.562. The minimum absolute atomic E-state index is 0.0970. The SMILES string of the molecule is COC(=O)CCC1C2CCCC1(c1cccc(OC)c1)CCN2CCc1ccccc1. The van der Waals surface area contributed by atoms with E-state index in [4.69, 9.17) is 9.47 Å². The maximum absolute atomic E-state index is 12.1. The second-order valence-electron chi connectivity index (χ2n) is 9.09. The van der Waals surface area contributed by atoms with Crippen LogP contribution in [-0.4, -0.2) is 44.2 Å². The summed E-state index contributed by atoms with van der Waals surface area (Å²) in [7, 11) is 3.23. The zero-order chi connectivity index (χ0) is 21.7. The largest absolute Gasteiger partial charge is 0.497 e. The van der Waals surface area contributed by atoms with Crippen molar-refractivity contribution in [2.24, 2.45) is 5.92 Å². The van der Waals surface area contributed by atoms with E-state index in [1.54, 1.807) is 7.11 Å². The first-order valence-corrected chi connectivity index (χ1v) is 11.7. The number of ether oxygens (including phenoxy) is 2. The summed E-state index contributed by atoms with van der Waals surface area (Å²) in [4.78, 5) is 14.8. The van der Waals surface area contributed by atoms with Gasteiger partial charge in [-0.2, -0.15) is 0 Å². The molecule has 4 nitrogen and oxygen atoms in total. The first-order valence-electron chi connectivity index (χ1n) is 11.7. The third-order valence-corrected chi connectivity index (χ3v) is 7.67. The highest BCUT2D eigenvalue weighted by Crippen LogP contribution is 2.53. The molecule has 0 radical (unpaired) electrons. The molecule has 2 aliphatic rings. The van der Waals surface area contributed by atoms with Crippen LogP contribution in [0, 0.1) is 5.92 Å². The van der Waals surface area contributed by atoms with Gasteiger partial charge in [0.05, 0.1) is 14.2 Å². The monoisotopic (exact) mass is 421 g/mol.